The maximum Gasteiger partial charge on any atom is 0.306 e. The van der Waals surface area contributed by atoms with E-state index >= 15 is 0 Å². The van der Waals surface area contributed by atoms with Crippen LogP contribution in [-0.4, -0.2) is 82.3 Å². The fourth-order valence-electron chi connectivity index (χ4n) is 7.02. The van der Waals surface area contributed by atoms with Crippen LogP contribution in [0.3, 0.4) is 0 Å². The number of hydrogen-bond acceptors (Lipinski definition) is 8. The number of carboxylic acid groups (broad SMARTS) is 1. The number of rotatable bonds is 47. The number of esters is 2. The SMILES string of the molecule is CCC/C=C\C/C=C\CCCCCCCC(=O)OCC(COC(OCC[N+](C)(C)C)C(=O)[O-])OC(=O)CCCCCCCCCCCCCCC/C=C\C/C=C\CCCCCCC. The summed E-state index contributed by atoms with van der Waals surface area (Å²) in [4.78, 5) is 37.1. The lowest BCUT2D eigenvalue weighted by Crippen LogP contribution is -2.44. The molecule has 0 bridgehead atoms. The first-order valence-electron chi connectivity index (χ1n) is 25.8. The minimum atomic E-state index is -1.62. The Kier molecular flexibility index (Phi) is 43.8. The average Bonchev–Trinajstić information content (AvgIpc) is 3.24. The molecule has 9 nitrogen and oxygen atoms in total. The summed E-state index contributed by atoms with van der Waals surface area (Å²) in [5.41, 5.74) is 0. The van der Waals surface area contributed by atoms with E-state index in [1.165, 1.54) is 109 Å². The molecule has 9 heteroatoms. The number of unbranched alkanes of at least 4 members (excludes halogenated alkanes) is 24. The molecule has 366 valence electrons. The quantitative estimate of drug-likeness (QED) is 0.0195. The molecule has 2 unspecified atom stereocenters. The summed E-state index contributed by atoms with van der Waals surface area (Å²) >= 11 is 0. The van der Waals surface area contributed by atoms with Gasteiger partial charge in [0.2, 0.25) is 0 Å². The first kappa shape index (κ1) is 60.2. The standard InChI is InChI=1S/C54H97NO8/c1-6-8-10-12-14-16-18-20-21-22-23-24-25-26-27-28-29-30-31-33-35-37-39-41-43-45-52(57)63-50(49-62-54(53(58)59)60-47-46-55(3,4)5)48-61-51(56)44-42-40-38-36-34-32-19-17-15-13-11-9-7-2/h11,13,17-20,22-23,50,54H,6-10,12,14-16,21,24-49H2,1-5H3/b13-11-,19-17-,20-18-,23-22-. The van der Waals surface area contributed by atoms with E-state index in [1.807, 2.05) is 21.1 Å². The van der Waals surface area contributed by atoms with Crippen molar-refractivity contribution >= 4 is 17.9 Å². The predicted octanol–water partition coefficient (Wildman–Crippen LogP) is 13.0. The molecule has 63 heavy (non-hydrogen) atoms. The van der Waals surface area contributed by atoms with E-state index in [0.717, 1.165) is 77.0 Å². The number of carbonyl (C=O) groups excluding carboxylic acids is 3. The van der Waals surface area contributed by atoms with Crippen molar-refractivity contribution in [1.29, 1.82) is 0 Å². The Balaban J connectivity index is 4.26. The number of nitrogens with zero attached hydrogens (tertiary/aromatic N) is 1. The summed E-state index contributed by atoms with van der Waals surface area (Å²) in [7, 11) is 5.91. The topological polar surface area (TPSA) is 111 Å². The Morgan fingerprint density at radius 3 is 1.32 bits per heavy atom. The van der Waals surface area contributed by atoms with E-state index in [4.69, 9.17) is 18.9 Å². The van der Waals surface area contributed by atoms with Crippen LogP contribution >= 0.6 is 0 Å². The van der Waals surface area contributed by atoms with Crippen molar-refractivity contribution in [3.63, 3.8) is 0 Å². The lowest BCUT2D eigenvalue weighted by molar-refractivity contribution is -0.870. The highest BCUT2D eigenvalue weighted by molar-refractivity contribution is 5.70. The summed E-state index contributed by atoms with van der Waals surface area (Å²) < 4.78 is 22.6. The van der Waals surface area contributed by atoms with Gasteiger partial charge in [-0.3, -0.25) is 9.59 Å². The van der Waals surface area contributed by atoms with Crippen LogP contribution in [0, 0.1) is 0 Å². The first-order chi connectivity index (χ1) is 30.6. The molecule has 0 saturated carbocycles. The Labute approximate surface area is 387 Å². The summed E-state index contributed by atoms with van der Waals surface area (Å²) in [6.07, 6.45) is 51.5. The average molecular weight is 888 g/mol. The molecule has 0 rings (SSSR count). The molecule has 0 spiro atoms. The van der Waals surface area contributed by atoms with Crippen molar-refractivity contribution in [3.05, 3.63) is 48.6 Å². The van der Waals surface area contributed by atoms with Crippen LogP contribution in [0.5, 0.6) is 0 Å². The highest BCUT2D eigenvalue weighted by atomic mass is 16.7. The number of allylic oxidation sites excluding steroid dienone is 8. The molecule has 0 aliphatic rings. The Morgan fingerprint density at radius 2 is 0.889 bits per heavy atom. The molecule has 0 aliphatic carbocycles. The zero-order valence-corrected chi connectivity index (χ0v) is 41.4. The lowest BCUT2D eigenvalue weighted by atomic mass is 10.0. The molecule has 0 radical (unpaired) electrons. The van der Waals surface area contributed by atoms with Gasteiger partial charge in [0.25, 0.3) is 0 Å². The molecular formula is C54H97NO8. The number of hydrogen-bond donors (Lipinski definition) is 0. The van der Waals surface area contributed by atoms with Crippen molar-refractivity contribution in [3.8, 4) is 0 Å². The third-order valence-corrected chi connectivity index (χ3v) is 11.0. The van der Waals surface area contributed by atoms with Crippen LogP contribution in [0.1, 0.15) is 219 Å². The summed E-state index contributed by atoms with van der Waals surface area (Å²) in [5.74, 6) is -2.30. The number of aliphatic carboxylic acids is 1. The van der Waals surface area contributed by atoms with Gasteiger partial charge in [-0.05, 0) is 70.6 Å². The summed E-state index contributed by atoms with van der Waals surface area (Å²) in [6, 6.07) is 0. The maximum atomic E-state index is 12.8. The van der Waals surface area contributed by atoms with E-state index in [2.05, 4.69) is 62.5 Å². The van der Waals surface area contributed by atoms with Crippen LogP contribution in [0.15, 0.2) is 48.6 Å². The van der Waals surface area contributed by atoms with Crippen LogP contribution in [0.4, 0.5) is 0 Å². The van der Waals surface area contributed by atoms with E-state index in [1.54, 1.807) is 0 Å². The zero-order chi connectivity index (χ0) is 46.3. The van der Waals surface area contributed by atoms with E-state index in [0.29, 0.717) is 17.4 Å². The van der Waals surface area contributed by atoms with Gasteiger partial charge in [-0.15, -0.1) is 0 Å². The number of carbonyl (C=O) groups is 3. The van der Waals surface area contributed by atoms with Crippen molar-refractivity contribution in [2.45, 2.75) is 232 Å². The van der Waals surface area contributed by atoms with Crippen molar-refractivity contribution in [2.75, 3.05) is 47.5 Å². The van der Waals surface area contributed by atoms with Gasteiger partial charge in [0.05, 0.1) is 40.3 Å². The van der Waals surface area contributed by atoms with Gasteiger partial charge >= 0.3 is 11.9 Å². The van der Waals surface area contributed by atoms with E-state index in [-0.39, 0.29) is 38.6 Å². The van der Waals surface area contributed by atoms with Gasteiger partial charge < -0.3 is 33.3 Å². The Hall–Kier alpha value is -2.75. The zero-order valence-electron chi connectivity index (χ0n) is 41.4. The van der Waals surface area contributed by atoms with Crippen molar-refractivity contribution in [1.82, 2.24) is 0 Å². The summed E-state index contributed by atoms with van der Waals surface area (Å²) in [5, 5.41) is 11.7. The second-order valence-corrected chi connectivity index (χ2v) is 18.5. The van der Waals surface area contributed by atoms with Gasteiger partial charge in [0.15, 0.2) is 12.4 Å². The minimum absolute atomic E-state index is 0.144. The molecule has 2 atom stereocenters. The fraction of sp³-hybridized carbons (Fsp3) is 0.796. The molecule has 0 heterocycles. The maximum absolute atomic E-state index is 12.8. The molecule has 0 N–H and O–H groups in total. The third kappa shape index (κ3) is 47.0. The largest absolute Gasteiger partial charge is 0.545 e. The lowest BCUT2D eigenvalue weighted by Gasteiger charge is -2.26. The van der Waals surface area contributed by atoms with Crippen LogP contribution < -0.4 is 5.11 Å². The van der Waals surface area contributed by atoms with Crippen LogP contribution in [0.25, 0.3) is 0 Å². The first-order valence-corrected chi connectivity index (χ1v) is 25.8. The Morgan fingerprint density at radius 1 is 0.476 bits per heavy atom. The monoisotopic (exact) mass is 888 g/mol. The minimum Gasteiger partial charge on any atom is -0.545 e. The number of carboxylic acids is 1. The van der Waals surface area contributed by atoms with Crippen LogP contribution in [-0.2, 0) is 33.3 Å². The second-order valence-electron chi connectivity index (χ2n) is 18.5. The van der Waals surface area contributed by atoms with Crippen molar-refractivity contribution in [2.24, 2.45) is 0 Å². The van der Waals surface area contributed by atoms with Gasteiger partial charge in [0.1, 0.15) is 13.2 Å². The smallest absolute Gasteiger partial charge is 0.306 e. The molecule has 0 amide bonds. The highest BCUT2D eigenvalue weighted by Crippen LogP contribution is 2.15. The third-order valence-electron chi connectivity index (χ3n) is 11.0. The molecule has 0 aromatic heterocycles. The number of ether oxygens (including phenoxy) is 4. The molecule has 0 aliphatic heterocycles. The number of likely N-dealkylation sites (N-methyl/N-ethyl adjacent to an activating group) is 1. The fourth-order valence-corrected chi connectivity index (χ4v) is 7.02. The second kappa shape index (κ2) is 45.8. The number of quaternary nitrogens is 1. The van der Waals surface area contributed by atoms with Crippen LogP contribution in [0.2, 0.25) is 0 Å². The van der Waals surface area contributed by atoms with Gasteiger partial charge in [-0.2, -0.15) is 0 Å². The molecule has 0 saturated heterocycles. The van der Waals surface area contributed by atoms with Gasteiger partial charge in [0, 0.05) is 12.8 Å². The molecule has 0 fully saturated rings. The van der Waals surface area contributed by atoms with E-state index in [9.17, 15) is 19.5 Å². The normalized spacial score (nSPS) is 13.2. The van der Waals surface area contributed by atoms with Crippen molar-refractivity contribution < 1.29 is 42.9 Å². The summed E-state index contributed by atoms with van der Waals surface area (Å²) in [6.45, 7) is 4.66. The highest BCUT2D eigenvalue weighted by Gasteiger charge is 2.22. The molecule has 0 aromatic rings. The molecular weight excluding hydrogens is 791 g/mol. The van der Waals surface area contributed by atoms with E-state index < -0.39 is 24.3 Å². The van der Waals surface area contributed by atoms with Gasteiger partial charge in [-0.25, -0.2) is 0 Å². The Bertz CT molecular complexity index is 1170. The van der Waals surface area contributed by atoms with Gasteiger partial charge in [-0.1, -0.05) is 184 Å². The predicted molar refractivity (Wildman–Crippen MR) is 260 cm³/mol. The molecule has 0 aromatic carbocycles.